The van der Waals surface area contributed by atoms with Gasteiger partial charge in [0.25, 0.3) is 0 Å². The van der Waals surface area contributed by atoms with Crippen molar-refractivity contribution in [1.82, 2.24) is 9.97 Å². The minimum atomic E-state index is -0.106. The predicted octanol–water partition coefficient (Wildman–Crippen LogP) is 5.04. The van der Waals surface area contributed by atoms with Gasteiger partial charge in [-0.3, -0.25) is 4.79 Å². The van der Waals surface area contributed by atoms with E-state index in [4.69, 9.17) is 0 Å². The Hall–Kier alpha value is -1.95. The molecule has 0 saturated heterocycles. The molecule has 0 unspecified atom stereocenters. The Labute approximate surface area is 176 Å². The summed E-state index contributed by atoms with van der Waals surface area (Å²) in [6.45, 7) is 4.35. The van der Waals surface area contributed by atoms with Gasteiger partial charge in [0.05, 0.1) is 11.3 Å². The molecule has 8 heteroatoms. The Bertz CT molecular complexity index is 1080. The van der Waals surface area contributed by atoms with Crippen molar-refractivity contribution in [3.8, 4) is 6.07 Å². The molecule has 1 aliphatic rings. The fourth-order valence-corrected chi connectivity index (χ4v) is 6.58. The van der Waals surface area contributed by atoms with Gasteiger partial charge in [0, 0.05) is 15.1 Å². The van der Waals surface area contributed by atoms with Crippen molar-refractivity contribution in [2.45, 2.75) is 44.6 Å². The van der Waals surface area contributed by atoms with Gasteiger partial charge in [-0.25, -0.2) is 9.97 Å². The molecule has 3 aromatic heterocycles. The summed E-state index contributed by atoms with van der Waals surface area (Å²) < 4.78 is 0. The van der Waals surface area contributed by atoms with Crippen molar-refractivity contribution in [1.29, 1.82) is 5.26 Å². The number of thiophene rings is 2. The van der Waals surface area contributed by atoms with E-state index in [0.717, 1.165) is 46.5 Å². The first-order chi connectivity index (χ1) is 13.6. The van der Waals surface area contributed by atoms with Gasteiger partial charge in [-0.2, -0.15) is 5.26 Å². The first kappa shape index (κ1) is 19.4. The first-order valence-corrected chi connectivity index (χ1v) is 11.9. The van der Waals surface area contributed by atoms with Crippen molar-refractivity contribution in [3.63, 3.8) is 0 Å². The zero-order valence-corrected chi connectivity index (χ0v) is 18.2. The highest BCUT2D eigenvalue weighted by molar-refractivity contribution is 8.00. The van der Waals surface area contributed by atoms with Crippen LogP contribution in [0.5, 0.6) is 0 Å². The summed E-state index contributed by atoms with van der Waals surface area (Å²) in [6.07, 6.45) is 5.55. The summed E-state index contributed by atoms with van der Waals surface area (Å²) in [5.74, 6) is 0.786. The molecule has 1 N–H and O–H groups in total. The minimum Gasteiger partial charge on any atom is -0.316 e. The Kier molecular flexibility index (Phi) is 5.67. The lowest BCUT2D eigenvalue weighted by Gasteiger charge is -2.17. The number of aromatic nitrogens is 2. The fraction of sp³-hybridized carbons (Fsp3) is 0.400. The number of nitrogens with zero attached hydrogens (tertiary/aromatic N) is 3. The van der Waals surface area contributed by atoms with E-state index < -0.39 is 0 Å². The molecule has 0 aromatic carbocycles. The molecule has 0 fully saturated rings. The number of carbonyl (C=O) groups is 1. The van der Waals surface area contributed by atoms with Gasteiger partial charge in [-0.05, 0) is 43.2 Å². The van der Waals surface area contributed by atoms with Crippen LogP contribution in [0, 0.1) is 17.2 Å². The van der Waals surface area contributed by atoms with E-state index in [2.05, 4.69) is 41.3 Å². The number of fused-ring (bicyclic) bond motifs is 2. The van der Waals surface area contributed by atoms with Crippen molar-refractivity contribution in [2.75, 3.05) is 11.1 Å². The molecule has 0 radical (unpaired) electrons. The highest BCUT2D eigenvalue weighted by atomic mass is 32.2. The quantitative estimate of drug-likeness (QED) is 0.455. The van der Waals surface area contributed by atoms with E-state index in [0.29, 0.717) is 16.5 Å². The van der Waals surface area contributed by atoms with Crippen LogP contribution in [0.25, 0.3) is 10.2 Å². The smallest absolute Gasteiger partial charge is 0.235 e. The number of aryl methyl sites for hydroxylation is 1. The normalized spacial score (nSPS) is 16.0. The number of thioether (sulfide) groups is 1. The number of nitriles is 1. The predicted molar refractivity (Wildman–Crippen MR) is 116 cm³/mol. The molecular weight excluding hydrogens is 408 g/mol. The summed E-state index contributed by atoms with van der Waals surface area (Å²) in [6, 6.07) is 4.41. The number of amides is 1. The molecule has 1 amide bonds. The van der Waals surface area contributed by atoms with Gasteiger partial charge >= 0.3 is 0 Å². The second kappa shape index (κ2) is 8.19. The van der Waals surface area contributed by atoms with Crippen LogP contribution in [0.15, 0.2) is 17.4 Å². The lowest BCUT2D eigenvalue weighted by atomic mass is 9.89. The Balaban J connectivity index is 1.47. The first-order valence-electron chi connectivity index (χ1n) is 9.29. The molecule has 0 bridgehead atoms. The summed E-state index contributed by atoms with van der Waals surface area (Å²) in [4.78, 5) is 24.7. The second-order valence-corrected chi connectivity index (χ2v) is 10.2. The van der Waals surface area contributed by atoms with E-state index in [-0.39, 0.29) is 11.7 Å². The molecule has 3 heterocycles. The monoisotopic (exact) mass is 428 g/mol. The number of hydrogen-bond donors (Lipinski definition) is 1. The third-order valence-corrected chi connectivity index (χ3v) is 8.27. The van der Waals surface area contributed by atoms with Gasteiger partial charge in [0.1, 0.15) is 27.3 Å². The molecule has 1 aliphatic carbocycles. The van der Waals surface area contributed by atoms with Crippen molar-refractivity contribution >= 4 is 55.6 Å². The van der Waals surface area contributed by atoms with Crippen molar-refractivity contribution in [3.05, 3.63) is 33.3 Å². The fourth-order valence-electron chi connectivity index (χ4n) is 3.43. The lowest BCUT2D eigenvalue weighted by molar-refractivity contribution is -0.113. The Morgan fingerprint density at radius 2 is 2.29 bits per heavy atom. The maximum Gasteiger partial charge on any atom is 0.235 e. The zero-order chi connectivity index (χ0) is 19.7. The van der Waals surface area contributed by atoms with E-state index in [9.17, 15) is 10.1 Å². The zero-order valence-electron chi connectivity index (χ0n) is 15.7. The van der Waals surface area contributed by atoms with E-state index in [1.165, 1.54) is 21.5 Å². The standard InChI is InChI=1S/C20H20N4OS3/c1-3-12-7-14-18(22-10-23-19(14)27-12)26-9-17(25)24-20-15(8-21)13-5-4-11(2)6-16(13)28-20/h7,10-11H,3-6,9H2,1-2H3,(H,24,25)/t11-/m1/s1. The van der Waals surface area contributed by atoms with Gasteiger partial charge in [-0.15, -0.1) is 22.7 Å². The van der Waals surface area contributed by atoms with Crippen LogP contribution >= 0.6 is 34.4 Å². The molecule has 0 spiro atoms. The number of hydrogen-bond acceptors (Lipinski definition) is 7. The van der Waals surface area contributed by atoms with Crippen LogP contribution in [0.2, 0.25) is 0 Å². The van der Waals surface area contributed by atoms with Gasteiger partial charge in [-0.1, -0.05) is 25.6 Å². The minimum absolute atomic E-state index is 0.106. The van der Waals surface area contributed by atoms with Crippen LogP contribution in [-0.4, -0.2) is 21.6 Å². The van der Waals surface area contributed by atoms with Crippen LogP contribution in [-0.2, 0) is 24.1 Å². The molecule has 0 saturated carbocycles. The maximum absolute atomic E-state index is 12.6. The molecule has 4 rings (SSSR count). The maximum atomic E-state index is 12.6. The van der Waals surface area contributed by atoms with Crippen LogP contribution in [0.3, 0.4) is 0 Å². The molecular formula is C20H20N4OS3. The Morgan fingerprint density at radius 3 is 3.07 bits per heavy atom. The van der Waals surface area contributed by atoms with E-state index in [1.54, 1.807) is 29.0 Å². The SMILES string of the molecule is CCc1cc2c(SCC(=O)Nc3sc4c(c3C#N)CC[C@@H](C)C4)ncnc2s1. The second-order valence-electron chi connectivity index (χ2n) is 6.97. The summed E-state index contributed by atoms with van der Waals surface area (Å²) >= 11 is 4.65. The summed E-state index contributed by atoms with van der Waals surface area (Å²) in [5, 5.41) is 15.1. The lowest BCUT2D eigenvalue weighted by Crippen LogP contribution is -2.14. The summed E-state index contributed by atoms with van der Waals surface area (Å²) in [5.41, 5.74) is 1.79. The summed E-state index contributed by atoms with van der Waals surface area (Å²) in [7, 11) is 0. The average molecular weight is 429 g/mol. The molecule has 144 valence electrons. The third-order valence-electron chi connectivity index (χ3n) is 4.91. The largest absolute Gasteiger partial charge is 0.316 e. The highest BCUT2D eigenvalue weighted by Gasteiger charge is 2.24. The third kappa shape index (κ3) is 3.79. The van der Waals surface area contributed by atoms with Crippen LogP contribution < -0.4 is 5.32 Å². The number of anilines is 1. The van der Waals surface area contributed by atoms with E-state index in [1.807, 2.05) is 0 Å². The molecule has 5 nitrogen and oxygen atoms in total. The van der Waals surface area contributed by atoms with Gasteiger partial charge < -0.3 is 5.32 Å². The van der Waals surface area contributed by atoms with Gasteiger partial charge in [0.15, 0.2) is 0 Å². The van der Waals surface area contributed by atoms with E-state index >= 15 is 0 Å². The topological polar surface area (TPSA) is 78.7 Å². The Morgan fingerprint density at radius 1 is 1.43 bits per heavy atom. The molecule has 1 atom stereocenters. The molecule has 3 aromatic rings. The van der Waals surface area contributed by atoms with Crippen molar-refractivity contribution < 1.29 is 4.79 Å². The number of nitrogens with one attached hydrogen (secondary N) is 1. The number of rotatable bonds is 5. The van der Waals surface area contributed by atoms with Crippen LogP contribution in [0.4, 0.5) is 5.00 Å². The molecule has 28 heavy (non-hydrogen) atoms. The van der Waals surface area contributed by atoms with Crippen molar-refractivity contribution in [2.24, 2.45) is 5.92 Å². The molecule has 0 aliphatic heterocycles. The number of carbonyl (C=O) groups excluding carboxylic acids is 1. The highest BCUT2D eigenvalue weighted by Crippen LogP contribution is 2.39. The van der Waals surface area contributed by atoms with Crippen LogP contribution in [0.1, 0.15) is 41.1 Å². The average Bonchev–Trinajstić information content (AvgIpc) is 3.26. The van der Waals surface area contributed by atoms with Gasteiger partial charge in [0.2, 0.25) is 5.91 Å².